The van der Waals surface area contributed by atoms with Crippen LogP contribution in [-0.2, 0) is 10.0 Å². The molecule has 0 saturated heterocycles. The van der Waals surface area contributed by atoms with Crippen molar-refractivity contribution in [1.82, 2.24) is 4.98 Å². The number of hydrogen-bond donors (Lipinski definition) is 1. The molecule has 1 aromatic carbocycles. The molecule has 1 heterocycles. The number of hydrogen-bond acceptors (Lipinski definition) is 4. The van der Waals surface area contributed by atoms with Gasteiger partial charge in [-0.1, -0.05) is 12.1 Å². The summed E-state index contributed by atoms with van der Waals surface area (Å²) in [4.78, 5) is 3.31. The summed E-state index contributed by atoms with van der Waals surface area (Å²) < 4.78 is 38.7. The number of pyridine rings is 1. The van der Waals surface area contributed by atoms with E-state index in [1.54, 1.807) is 24.3 Å². The predicted molar refractivity (Wildman–Crippen MR) is 70.6 cm³/mol. The number of sulfonamides is 1. The number of para-hydroxylation sites is 2. The maximum absolute atomic E-state index is 13.1. The number of benzene rings is 1. The maximum Gasteiger partial charge on any atom is 0.265 e. The molecule has 0 aliphatic rings. The highest BCUT2D eigenvalue weighted by atomic mass is 32.2. The first kappa shape index (κ1) is 13.3. The summed E-state index contributed by atoms with van der Waals surface area (Å²) in [5.41, 5.74) is 6.37. The van der Waals surface area contributed by atoms with Crippen LogP contribution in [-0.4, -0.2) is 20.4 Å². The zero-order chi connectivity index (χ0) is 14.0. The van der Waals surface area contributed by atoms with Crippen LogP contribution in [0.4, 0.5) is 15.8 Å². The van der Waals surface area contributed by atoms with E-state index in [9.17, 15) is 12.8 Å². The molecule has 0 spiro atoms. The average Bonchev–Trinajstić information content (AvgIpc) is 2.38. The van der Waals surface area contributed by atoms with E-state index in [1.807, 2.05) is 0 Å². The average molecular weight is 281 g/mol. The molecule has 0 saturated carbocycles. The van der Waals surface area contributed by atoms with E-state index < -0.39 is 15.8 Å². The Labute approximate surface area is 110 Å². The van der Waals surface area contributed by atoms with Crippen molar-refractivity contribution in [2.45, 2.75) is 4.90 Å². The molecular weight excluding hydrogens is 269 g/mol. The van der Waals surface area contributed by atoms with Crippen molar-refractivity contribution in [3.63, 3.8) is 0 Å². The summed E-state index contributed by atoms with van der Waals surface area (Å²) in [6, 6.07) is 7.44. The molecule has 2 N–H and O–H groups in total. The number of aromatic nitrogens is 1. The van der Waals surface area contributed by atoms with E-state index in [-0.39, 0.29) is 4.90 Å². The van der Waals surface area contributed by atoms with Gasteiger partial charge in [-0.15, -0.1) is 0 Å². The maximum atomic E-state index is 13.1. The molecule has 0 aliphatic heterocycles. The van der Waals surface area contributed by atoms with Gasteiger partial charge in [0.2, 0.25) is 0 Å². The quantitative estimate of drug-likeness (QED) is 0.867. The fraction of sp³-hybridized carbons (Fsp3) is 0.0833. The summed E-state index contributed by atoms with van der Waals surface area (Å²) >= 11 is 0. The zero-order valence-electron chi connectivity index (χ0n) is 10.1. The molecule has 2 rings (SSSR count). The van der Waals surface area contributed by atoms with E-state index in [2.05, 4.69) is 4.98 Å². The lowest BCUT2D eigenvalue weighted by atomic mass is 10.3. The third kappa shape index (κ3) is 2.50. The van der Waals surface area contributed by atoms with Crippen molar-refractivity contribution in [3.8, 4) is 0 Å². The standard InChI is InChI=1S/C12H12FN3O2S/c1-16(12-5-3-2-4-11(12)14)19(17,18)10-6-9(13)7-15-8-10/h2-8H,14H2,1H3. The smallest absolute Gasteiger partial charge is 0.265 e. The molecule has 0 fully saturated rings. The lowest BCUT2D eigenvalue weighted by molar-refractivity contribution is 0.587. The Hall–Kier alpha value is -2.15. The number of halogens is 1. The molecule has 1 aromatic heterocycles. The summed E-state index contributed by atoms with van der Waals surface area (Å²) in [6.45, 7) is 0. The number of rotatable bonds is 3. The second kappa shape index (κ2) is 4.85. The molecule has 7 heteroatoms. The second-order valence-corrected chi connectivity index (χ2v) is 5.84. The van der Waals surface area contributed by atoms with Gasteiger partial charge in [-0.3, -0.25) is 9.29 Å². The number of anilines is 2. The van der Waals surface area contributed by atoms with E-state index in [4.69, 9.17) is 5.73 Å². The lowest BCUT2D eigenvalue weighted by Gasteiger charge is -2.20. The minimum atomic E-state index is -3.89. The van der Waals surface area contributed by atoms with Crippen LogP contribution in [0, 0.1) is 5.82 Å². The third-order valence-electron chi connectivity index (χ3n) is 2.61. The fourth-order valence-electron chi connectivity index (χ4n) is 1.60. The largest absolute Gasteiger partial charge is 0.397 e. The molecule has 2 aromatic rings. The van der Waals surface area contributed by atoms with Crippen LogP contribution in [0.1, 0.15) is 0 Å². The molecule has 0 aliphatic carbocycles. The first-order valence-corrected chi connectivity index (χ1v) is 6.81. The molecule has 100 valence electrons. The molecular formula is C12H12FN3O2S. The zero-order valence-corrected chi connectivity index (χ0v) is 10.9. The molecule has 0 radical (unpaired) electrons. The second-order valence-electron chi connectivity index (χ2n) is 3.87. The van der Waals surface area contributed by atoms with Gasteiger partial charge in [0.05, 0.1) is 17.6 Å². The van der Waals surface area contributed by atoms with Gasteiger partial charge in [-0.05, 0) is 18.2 Å². The minimum absolute atomic E-state index is 0.224. The Bertz CT molecular complexity index is 704. The van der Waals surface area contributed by atoms with Crippen LogP contribution < -0.4 is 10.0 Å². The van der Waals surface area contributed by atoms with Crippen LogP contribution >= 0.6 is 0 Å². The van der Waals surface area contributed by atoms with Gasteiger partial charge in [0.25, 0.3) is 10.0 Å². The van der Waals surface area contributed by atoms with Gasteiger partial charge in [0.1, 0.15) is 10.7 Å². The third-order valence-corrected chi connectivity index (χ3v) is 4.35. The Morgan fingerprint density at radius 2 is 1.95 bits per heavy atom. The summed E-state index contributed by atoms with van der Waals surface area (Å²) in [6.07, 6.45) is 2.03. The normalized spacial score (nSPS) is 11.3. The predicted octanol–water partition coefficient (Wildman–Crippen LogP) is 1.63. The SMILES string of the molecule is CN(c1ccccc1N)S(=O)(=O)c1cncc(F)c1. The molecule has 0 bridgehead atoms. The van der Waals surface area contributed by atoms with E-state index in [0.29, 0.717) is 11.4 Å². The highest BCUT2D eigenvalue weighted by molar-refractivity contribution is 7.92. The van der Waals surface area contributed by atoms with Crippen LogP contribution in [0.3, 0.4) is 0 Å². The summed E-state index contributed by atoms with van der Waals surface area (Å²) in [5.74, 6) is -0.712. The fourth-order valence-corrected chi connectivity index (χ4v) is 2.79. The summed E-state index contributed by atoms with van der Waals surface area (Å²) in [5, 5.41) is 0. The van der Waals surface area contributed by atoms with Crippen LogP contribution in [0.25, 0.3) is 0 Å². The number of nitrogens with zero attached hydrogens (tertiary/aromatic N) is 2. The van der Waals surface area contributed by atoms with Crippen LogP contribution in [0.5, 0.6) is 0 Å². The number of nitrogen functional groups attached to an aromatic ring is 1. The van der Waals surface area contributed by atoms with Crippen molar-refractivity contribution in [3.05, 3.63) is 48.5 Å². The van der Waals surface area contributed by atoms with E-state index >= 15 is 0 Å². The van der Waals surface area contributed by atoms with Gasteiger partial charge in [0.15, 0.2) is 0 Å². The monoisotopic (exact) mass is 281 g/mol. The van der Waals surface area contributed by atoms with Crippen molar-refractivity contribution in [2.75, 3.05) is 17.1 Å². The highest BCUT2D eigenvalue weighted by Gasteiger charge is 2.23. The Balaban J connectivity index is 2.49. The van der Waals surface area contributed by atoms with Crippen LogP contribution in [0.15, 0.2) is 47.6 Å². The van der Waals surface area contributed by atoms with Gasteiger partial charge in [-0.2, -0.15) is 0 Å². The summed E-state index contributed by atoms with van der Waals surface area (Å²) in [7, 11) is -2.53. The number of nitrogens with two attached hydrogens (primary N) is 1. The van der Waals surface area contributed by atoms with Crippen molar-refractivity contribution in [2.24, 2.45) is 0 Å². The van der Waals surface area contributed by atoms with Gasteiger partial charge in [0, 0.05) is 13.2 Å². The molecule has 0 unspecified atom stereocenters. The molecule has 0 atom stereocenters. The first-order chi connectivity index (χ1) is 8.93. The molecule has 0 amide bonds. The van der Waals surface area contributed by atoms with Crippen LogP contribution in [0.2, 0.25) is 0 Å². The van der Waals surface area contributed by atoms with Crippen molar-refractivity contribution in [1.29, 1.82) is 0 Å². The molecule has 19 heavy (non-hydrogen) atoms. The van der Waals surface area contributed by atoms with Crippen molar-refractivity contribution < 1.29 is 12.8 Å². The molecule has 5 nitrogen and oxygen atoms in total. The minimum Gasteiger partial charge on any atom is -0.397 e. The van der Waals surface area contributed by atoms with E-state index in [1.165, 1.54) is 7.05 Å². The lowest BCUT2D eigenvalue weighted by Crippen LogP contribution is -2.27. The van der Waals surface area contributed by atoms with Gasteiger partial charge >= 0.3 is 0 Å². The van der Waals surface area contributed by atoms with Gasteiger partial charge in [-0.25, -0.2) is 12.8 Å². The Morgan fingerprint density at radius 1 is 1.26 bits per heavy atom. The van der Waals surface area contributed by atoms with Crippen molar-refractivity contribution >= 4 is 21.4 Å². The Morgan fingerprint density at radius 3 is 2.58 bits per heavy atom. The topological polar surface area (TPSA) is 76.3 Å². The van der Waals surface area contributed by atoms with Gasteiger partial charge < -0.3 is 5.73 Å². The Kier molecular flexibility index (Phi) is 3.39. The highest BCUT2D eigenvalue weighted by Crippen LogP contribution is 2.26. The van der Waals surface area contributed by atoms with E-state index in [0.717, 1.165) is 22.8 Å². The first-order valence-electron chi connectivity index (χ1n) is 5.37.